The van der Waals surface area contributed by atoms with Crippen LogP contribution in [-0.4, -0.2) is 29.7 Å². The van der Waals surface area contributed by atoms with Gasteiger partial charge in [0.15, 0.2) is 0 Å². The van der Waals surface area contributed by atoms with Crippen LogP contribution in [0.3, 0.4) is 0 Å². The molecule has 2 rings (SSSR count). The first-order chi connectivity index (χ1) is 13.6. The van der Waals surface area contributed by atoms with Crippen molar-refractivity contribution in [2.75, 3.05) is 0 Å². The van der Waals surface area contributed by atoms with Crippen molar-refractivity contribution in [3.63, 3.8) is 0 Å². The van der Waals surface area contributed by atoms with E-state index in [1.54, 1.807) is 6.07 Å². The number of allylic oxidation sites excluding steroid dienone is 2. The number of guanidine groups is 1. The normalized spacial score (nSPS) is 15.0. The van der Waals surface area contributed by atoms with Gasteiger partial charge in [0, 0.05) is 5.56 Å². The first kappa shape index (κ1) is 24.6. The molecule has 0 amide bonds. The van der Waals surface area contributed by atoms with Crippen LogP contribution < -0.4 is 15.4 Å². The van der Waals surface area contributed by atoms with Crippen molar-refractivity contribution < 1.29 is 14.9 Å². The Balaban J connectivity index is 0.000000298. The monoisotopic (exact) mass is 399 g/mol. The fourth-order valence-electron chi connectivity index (χ4n) is 3.36. The minimum absolute atomic E-state index is 0.341. The van der Waals surface area contributed by atoms with Gasteiger partial charge >= 0.3 is 5.96 Å². The quantitative estimate of drug-likeness (QED) is 0.605. The molecule has 0 heterocycles. The predicted octanol–water partition coefficient (Wildman–Crippen LogP) is 2.41. The SMILES string of the molecule is C/C=C1\CCCc2c(C)ccc(C(=O)[O-])c21.CC(C)=NC(NC(C)C)=[NH+]C(C)C. The highest BCUT2D eigenvalue weighted by atomic mass is 16.4. The molecule has 5 heteroatoms. The molecule has 0 saturated carbocycles. The number of rotatable bonds is 3. The number of carboxylic acids is 1. The Labute approximate surface area is 176 Å². The van der Waals surface area contributed by atoms with E-state index in [9.17, 15) is 9.90 Å². The molecule has 0 bridgehead atoms. The number of fused-ring (bicyclic) bond motifs is 1. The predicted molar refractivity (Wildman–Crippen MR) is 120 cm³/mol. The Morgan fingerprint density at radius 1 is 1.21 bits per heavy atom. The van der Waals surface area contributed by atoms with Crippen LogP contribution >= 0.6 is 0 Å². The number of hydrogen-bond acceptors (Lipinski definition) is 2. The summed E-state index contributed by atoms with van der Waals surface area (Å²) >= 11 is 0. The second-order valence-corrected chi connectivity index (χ2v) is 8.24. The van der Waals surface area contributed by atoms with Gasteiger partial charge in [-0.15, -0.1) is 0 Å². The van der Waals surface area contributed by atoms with Gasteiger partial charge in [0.2, 0.25) is 0 Å². The van der Waals surface area contributed by atoms with E-state index in [4.69, 9.17) is 0 Å². The third kappa shape index (κ3) is 7.84. The van der Waals surface area contributed by atoms with Crippen LogP contribution in [0.25, 0.3) is 5.57 Å². The lowest BCUT2D eigenvalue weighted by Gasteiger charge is -2.24. The van der Waals surface area contributed by atoms with Crippen LogP contribution in [-0.2, 0) is 6.42 Å². The summed E-state index contributed by atoms with van der Waals surface area (Å²) < 4.78 is 0. The summed E-state index contributed by atoms with van der Waals surface area (Å²) in [4.78, 5) is 18.7. The van der Waals surface area contributed by atoms with Crippen molar-refractivity contribution in [3.8, 4) is 0 Å². The van der Waals surface area contributed by atoms with E-state index in [1.807, 2.05) is 39.8 Å². The second kappa shape index (κ2) is 11.5. The first-order valence-corrected chi connectivity index (χ1v) is 10.5. The van der Waals surface area contributed by atoms with E-state index >= 15 is 0 Å². The topological polar surface area (TPSA) is 78.5 Å². The highest BCUT2D eigenvalue weighted by Gasteiger charge is 2.19. The third-order valence-corrected chi connectivity index (χ3v) is 4.50. The van der Waals surface area contributed by atoms with Crippen molar-refractivity contribution >= 4 is 23.2 Å². The van der Waals surface area contributed by atoms with Crippen LogP contribution in [0.1, 0.15) is 88.4 Å². The minimum atomic E-state index is -1.07. The molecule has 1 aliphatic carbocycles. The minimum Gasteiger partial charge on any atom is -0.545 e. The highest BCUT2D eigenvalue weighted by Crippen LogP contribution is 2.34. The summed E-state index contributed by atoms with van der Waals surface area (Å²) in [6.45, 7) is 16.4. The molecule has 1 aromatic carbocycles. The van der Waals surface area contributed by atoms with Crippen LogP contribution in [0.4, 0.5) is 0 Å². The Hall–Kier alpha value is -2.43. The lowest BCUT2D eigenvalue weighted by atomic mass is 9.82. The number of aliphatic imine (C=N–C) groups is 1. The summed E-state index contributed by atoms with van der Waals surface area (Å²) in [7, 11) is 0. The molecule has 0 aromatic heterocycles. The highest BCUT2D eigenvalue weighted by molar-refractivity contribution is 5.94. The molecule has 0 aliphatic heterocycles. The maximum Gasteiger partial charge on any atom is 0.384 e. The van der Waals surface area contributed by atoms with Crippen LogP contribution in [0, 0.1) is 6.92 Å². The number of hydrogen-bond donors (Lipinski definition) is 2. The van der Waals surface area contributed by atoms with E-state index in [0.717, 1.165) is 42.1 Å². The zero-order chi connectivity index (χ0) is 22.1. The molecule has 0 saturated heterocycles. The largest absolute Gasteiger partial charge is 0.545 e. The number of aromatic carboxylic acids is 1. The van der Waals surface area contributed by atoms with E-state index < -0.39 is 5.97 Å². The van der Waals surface area contributed by atoms with Gasteiger partial charge in [-0.25, -0.2) is 0 Å². The number of aryl methyl sites for hydroxylation is 1. The lowest BCUT2D eigenvalue weighted by molar-refractivity contribution is -0.496. The molecule has 0 unspecified atom stereocenters. The van der Waals surface area contributed by atoms with Gasteiger partial charge in [-0.1, -0.05) is 23.2 Å². The summed E-state index contributed by atoms with van der Waals surface area (Å²) in [5.41, 5.74) is 5.81. The van der Waals surface area contributed by atoms with Gasteiger partial charge in [0.1, 0.15) is 0 Å². The van der Waals surface area contributed by atoms with Crippen molar-refractivity contribution in [2.24, 2.45) is 4.99 Å². The van der Waals surface area contributed by atoms with Gasteiger partial charge in [-0.05, 0) is 96.9 Å². The molecular formula is C24H37N3O2. The molecule has 160 valence electrons. The molecular weight excluding hydrogens is 362 g/mol. The smallest absolute Gasteiger partial charge is 0.384 e. The Kier molecular flexibility index (Phi) is 9.79. The maximum absolute atomic E-state index is 11.1. The zero-order valence-corrected chi connectivity index (χ0v) is 19.3. The number of carbonyl (C=O) groups excluding carboxylic acids is 1. The molecule has 0 fully saturated rings. The number of carbonyl (C=O) groups is 1. The van der Waals surface area contributed by atoms with E-state index in [-0.39, 0.29) is 0 Å². The average molecular weight is 400 g/mol. The van der Waals surface area contributed by atoms with Crippen molar-refractivity contribution in [1.29, 1.82) is 0 Å². The van der Waals surface area contributed by atoms with Gasteiger partial charge in [0.05, 0.1) is 23.8 Å². The lowest BCUT2D eigenvalue weighted by Crippen LogP contribution is -2.80. The van der Waals surface area contributed by atoms with E-state index in [2.05, 4.69) is 43.0 Å². The summed E-state index contributed by atoms with van der Waals surface area (Å²) in [5, 5.41) is 14.4. The van der Waals surface area contributed by atoms with E-state index in [1.165, 1.54) is 11.1 Å². The molecule has 29 heavy (non-hydrogen) atoms. The van der Waals surface area contributed by atoms with Crippen molar-refractivity contribution in [1.82, 2.24) is 5.32 Å². The van der Waals surface area contributed by atoms with Crippen LogP contribution in [0.2, 0.25) is 0 Å². The fourth-order valence-corrected chi connectivity index (χ4v) is 3.36. The molecule has 0 spiro atoms. The molecule has 5 nitrogen and oxygen atoms in total. The number of benzene rings is 1. The van der Waals surface area contributed by atoms with Crippen molar-refractivity contribution in [2.45, 2.75) is 86.7 Å². The molecule has 1 aromatic rings. The summed E-state index contributed by atoms with van der Waals surface area (Å²) in [6.07, 6.45) is 5.06. The van der Waals surface area contributed by atoms with Gasteiger partial charge in [-0.2, -0.15) is 0 Å². The van der Waals surface area contributed by atoms with E-state index in [0.29, 0.717) is 17.6 Å². The first-order valence-electron chi connectivity index (χ1n) is 10.5. The third-order valence-electron chi connectivity index (χ3n) is 4.50. The zero-order valence-electron chi connectivity index (χ0n) is 19.3. The molecule has 0 radical (unpaired) electrons. The Morgan fingerprint density at radius 2 is 1.86 bits per heavy atom. The summed E-state index contributed by atoms with van der Waals surface area (Å²) in [5.74, 6) is -0.206. The van der Waals surface area contributed by atoms with Gasteiger partial charge < -0.3 is 9.90 Å². The molecule has 1 aliphatic rings. The van der Waals surface area contributed by atoms with Crippen LogP contribution in [0.5, 0.6) is 0 Å². The van der Waals surface area contributed by atoms with Gasteiger partial charge in [0.25, 0.3) is 0 Å². The Bertz CT molecular complexity index is 799. The summed E-state index contributed by atoms with van der Waals surface area (Å²) in [6, 6.07) is 4.36. The standard InChI is InChI=1S/C14H16O2.C10H21N3/c1-3-10-5-4-6-11-9(2)7-8-12(13(10)11)14(15)16;1-7(2)11-10(12-8(3)4)13-9(5)6/h3,7-8H,4-6H2,1-2H3,(H,15,16);7-8H,1-6H3,(H,11,12)/b10-3+;. The second-order valence-electron chi connectivity index (χ2n) is 8.24. The Morgan fingerprint density at radius 3 is 2.34 bits per heavy atom. The van der Waals surface area contributed by atoms with Gasteiger partial charge in [-0.3, -0.25) is 10.3 Å². The fraction of sp³-hybridized carbons (Fsp3) is 0.542. The average Bonchev–Trinajstić information content (AvgIpc) is 2.60. The number of nitrogens with zero attached hydrogens (tertiary/aromatic N) is 1. The molecule has 2 N–H and O–H groups in total. The van der Waals surface area contributed by atoms with Crippen LogP contribution in [0.15, 0.2) is 23.2 Å². The number of nitrogens with one attached hydrogen (secondary N) is 2. The van der Waals surface area contributed by atoms with Crippen molar-refractivity contribution in [3.05, 3.63) is 40.5 Å². The maximum atomic E-state index is 11.1. The molecule has 0 atom stereocenters. The number of carboxylic acid groups (broad SMARTS) is 1.